The first-order valence-electron chi connectivity index (χ1n) is 18.6. The van der Waals surface area contributed by atoms with Gasteiger partial charge in [-0.2, -0.15) is 0 Å². The van der Waals surface area contributed by atoms with Gasteiger partial charge in [-0.25, -0.2) is 14.4 Å². The van der Waals surface area contributed by atoms with Gasteiger partial charge in [-0.3, -0.25) is 19.2 Å². The lowest BCUT2D eigenvalue weighted by Crippen LogP contribution is -2.65. The number of ether oxygens (including phenoxy) is 11. The molecule has 0 aromatic heterocycles. The number of benzene rings is 3. The van der Waals surface area contributed by atoms with Gasteiger partial charge < -0.3 is 52.1 Å². The van der Waals surface area contributed by atoms with E-state index in [1.165, 1.54) is 43.5 Å². The predicted octanol–water partition coefficient (Wildman–Crippen LogP) is 3.13. The molecule has 3 aromatic rings. The van der Waals surface area contributed by atoms with Crippen molar-refractivity contribution in [2.45, 2.75) is 89.1 Å². The monoisotopic (exact) mass is 836 g/mol. The van der Waals surface area contributed by atoms with Crippen molar-refractivity contribution >= 4 is 41.8 Å². The predicted molar refractivity (Wildman–Crippen MR) is 201 cm³/mol. The normalized spacial score (nSPS) is 26.0. The molecule has 2 saturated heterocycles. The first-order valence-corrected chi connectivity index (χ1v) is 18.6. The third-order valence-corrected chi connectivity index (χ3v) is 8.95. The quantitative estimate of drug-likeness (QED) is 0.158. The van der Waals surface area contributed by atoms with Crippen molar-refractivity contribution in [3.8, 4) is 0 Å². The molecule has 0 N–H and O–H groups in total. The summed E-state index contributed by atoms with van der Waals surface area (Å²) in [4.78, 5) is 90.0. The van der Waals surface area contributed by atoms with Gasteiger partial charge >= 0.3 is 41.8 Å². The fraction of sp³-hybridized carbons (Fsp3) is 0.405. The molecule has 0 bridgehead atoms. The number of hydrogen-bond donors (Lipinski definition) is 0. The maximum Gasteiger partial charge on any atom is 0.338 e. The summed E-state index contributed by atoms with van der Waals surface area (Å²) >= 11 is 0. The average Bonchev–Trinajstić information content (AvgIpc) is 3.22. The van der Waals surface area contributed by atoms with Crippen LogP contribution in [0.2, 0.25) is 0 Å². The van der Waals surface area contributed by atoms with Gasteiger partial charge in [0.2, 0.25) is 0 Å². The van der Waals surface area contributed by atoms with Crippen molar-refractivity contribution in [3.63, 3.8) is 0 Å². The molecule has 18 heteroatoms. The smallest absolute Gasteiger partial charge is 0.338 e. The molecule has 320 valence electrons. The largest absolute Gasteiger partial charge is 0.463 e. The van der Waals surface area contributed by atoms with E-state index < -0.39 is 116 Å². The molecule has 18 nitrogen and oxygen atoms in total. The number of esters is 7. The Morgan fingerprint density at radius 2 is 0.783 bits per heavy atom. The van der Waals surface area contributed by atoms with Gasteiger partial charge in [0.15, 0.2) is 49.2 Å². The lowest BCUT2D eigenvalue weighted by molar-refractivity contribution is -0.329. The van der Waals surface area contributed by atoms with Crippen LogP contribution in [-0.2, 0) is 71.3 Å². The Balaban J connectivity index is 1.55. The second-order valence-electron chi connectivity index (χ2n) is 13.4. The van der Waals surface area contributed by atoms with E-state index >= 15 is 0 Å². The highest BCUT2D eigenvalue weighted by molar-refractivity contribution is 5.91. The molecule has 5 rings (SSSR count). The van der Waals surface area contributed by atoms with E-state index in [2.05, 4.69) is 0 Å². The molecule has 3 aromatic carbocycles. The highest BCUT2D eigenvalue weighted by atomic mass is 16.8. The molecule has 0 radical (unpaired) electrons. The molecule has 2 aliphatic rings. The minimum Gasteiger partial charge on any atom is -0.463 e. The van der Waals surface area contributed by atoms with E-state index in [1.54, 1.807) is 54.6 Å². The summed E-state index contributed by atoms with van der Waals surface area (Å²) in [5.74, 6) is -5.96. The number of hydrogen-bond acceptors (Lipinski definition) is 18. The van der Waals surface area contributed by atoms with Crippen molar-refractivity contribution in [2.75, 3.05) is 20.3 Å². The molecule has 2 aliphatic heterocycles. The van der Waals surface area contributed by atoms with Gasteiger partial charge in [0, 0.05) is 34.8 Å². The van der Waals surface area contributed by atoms with Crippen LogP contribution in [0.1, 0.15) is 58.8 Å². The lowest BCUT2D eigenvalue weighted by Gasteiger charge is -2.46. The van der Waals surface area contributed by atoms with Crippen molar-refractivity contribution in [1.82, 2.24) is 0 Å². The Kier molecular flexibility index (Phi) is 15.8. The van der Waals surface area contributed by atoms with E-state index in [0.29, 0.717) is 0 Å². The Morgan fingerprint density at radius 3 is 1.23 bits per heavy atom. The van der Waals surface area contributed by atoms with Crippen LogP contribution in [-0.4, -0.2) is 124 Å². The summed E-state index contributed by atoms with van der Waals surface area (Å²) in [6.07, 6.45) is -15.5. The number of carbonyl (C=O) groups excluding carboxylic acids is 7. The van der Waals surface area contributed by atoms with Crippen LogP contribution in [0.3, 0.4) is 0 Å². The van der Waals surface area contributed by atoms with Crippen LogP contribution >= 0.6 is 0 Å². The fourth-order valence-corrected chi connectivity index (χ4v) is 6.41. The summed E-state index contributed by atoms with van der Waals surface area (Å²) in [7, 11) is 1.23. The van der Waals surface area contributed by atoms with E-state index in [-0.39, 0.29) is 16.7 Å². The second-order valence-corrected chi connectivity index (χ2v) is 13.4. The third kappa shape index (κ3) is 11.9. The minimum atomic E-state index is -1.68. The number of methoxy groups -OCH3 is 1. The number of rotatable bonds is 15. The Morgan fingerprint density at radius 1 is 0.433 bits per heavy atom. The van der Waals surface area contributed by atoms with Crippen LogP contribution in [0.4, 0.5) is 0 Å². The van der Waals surface area contributed by atoms with Crippen molar-refractivity contribution in [3.05, 3.63) is 108 Å². The van der Waals surface area contributed by atoms with Gasteiger partial charge in [-0.05, 0) is 36.4 Å². The second kappa shape index (κ2) is 21.2. The van der Waals surface area contributed by atoms with Crippen molar-refractivity contribution in [2.24, 2.45) is 0 Å². The van der Waals surface area contributed by atoms with Crippen LogP contribution in [0, 0.1) is 0 Å². The summed E-state index contributed by atoms with van der Waals surface area (Å²) < 4.78 is 63.7. The Bertz CT molecular complexity index is 1960. The Labute approximate surface area is 344 Å². The maximum atomic E-state index is 13.8. The summed E-state index contributed by atoms with van der Waals surface area (Å²) in [6.45, 7) is 3.14. The highest BCUT2D eigenvalue weighted by Gasteiger charge is 2.56. The van der Waals surface area contributed by atoms with Gasteiger partial charge in [-0.15, -0.1) is 0 Å². The molecule has 2 heterocycles. The SMILES string of the molecule is CO[C@@H]1O[C@H](CO[C@H]2O[C@H](COC(C)=O)[C@H](OC(C)=O)[C@H](OC(C)=O)[C@H]2OC(C)=O)[C@H](OC(=O)c2ccccc2)[C@H](OC(=O)c2ccccc2)[C@H]1OC(=O)c1ccccc1. The van der Waals surface area contributed by atoms with E-state index in [0.717, 1.165) is 27.7 Å². The lowest BCUT2D eigenvalue weighted by atomic mass is 9.97. The van der Waals surface area contributed by atoms with Crippen LogP contribution < -0.4 is 0 Å². The summed E-state index contributed by atoms with van der Waals surface area (Å²) in [6, 6.07) is 23.6. The molecular formula is C42H44O18. The number of carbonyl (C=O) groups is 7. The van der Waals surface area contributed by atoms with Gasteiger partial charge in [0.1, 0.15) is 18.8 Å². The van der Waals surface area contributed by atoms with E-state index in [4.69, 9.17) is 52.1 Å². The molecule has 60 heavy (non-hydrogen) atoms. The zero-order chi connectivity index (χ0) is 43.3. The molecule has 10 atom stereocenters. The van der Waals surface area contributed by atoms with Gasteiger partial charge in [-0.1, -0.05) is 54.6 Å². The molecular weight excluding hydrogens is 792 g/mol. The first-order chi connectivity index (χ1) is 28.7. The molecule has 0 spiro atoms. The van der Waals surface area contributed by atoms with Crippen molar-refractivity contribution < 1.29 is 85.7 Å². The third-order valence-electron chi connectivity index (χ3n) is 8.95. The maximum absolute atomic E-state index is 13.8. The van der Waals surface area contributed by atoms with Crippen LogP contribution in [0.25, 0.3) is 0 Å². The molecule has 0 unspecified atom stereocenters. The van der Waals surface area contributed by atoms with E-state index in [9.17, 15) is 33.6 Å². The first kappa shape index (κ1) is 44.9. The van der Waals surface area contributed by atoms with Crippen molar-refractivity contribution in [1.29, 1.82) is 0 Å². The summed E-state index contributed by atoms with van der Waals surface area (Å²) in [5.41, 5.74) is 0.327. The molecule has 0 amide bonds. The summed E-state index contributed by atoms with van der Waals surface area (Å²) in [5, 5.41) is 0. The van der Waals surface area contributed by atoms with E-state index in [1.807, 2.05) is 0 Å². The molecule has 0 saturated carbocycles. The zero-order valence-electron chi connectivity index (χ0n) is 33.2. The molecule has 2 fully saturated rings. The molecule has 0 aliphatic carbocycles. The van der Waals surface area contributed by atoms with Crippen LogP contribution in [0.15, 0.2) is 91.0 Å². The topological polar surface area (TPSA) is 221 Å². The van der Waals surface area contributed by atoms with Gasteiger partial charge in [0.25, 0.3) is 0 Å². The zero-order valence-corrected chi connectivity index (χ0v) is 33.2. The minimum absolute atomic E-state index is 0.0941. The standard InChI is InChI=1S/C42H44O18/c1-23(43)51-21-30-32(53-24(2)44)34(54-25(3)45)37(55-26(4)46)42(57-30)52-22-31-33(58-38(47)27-15-9-6-10-16-27)35(59-39(48)28-17-11-7-12-18-28)36(41(50-5)56-31)60-40(49)29-19-13-8-14-20-29/h6-20,30-37,41-42H,21-22H2,1-5H3/t30-,31-,32+,33+,34+,35+,36-,37-,41-,42+/m1/s1. The van der Waals surface area contributed by atoms with Crippen LogP contribution in [0.5, 0.6) is 0 Å². The Hall–Kier alpha value is -6.21. The average molecular weight is 837 g/mol. The fourth-order valence-electron chi connectivity index (χ4n) is 6.41. The highest BCUT2D eigenvalue weighted by Crippen LogP contribution is 2.34. The van der Waals surface area contributed by atoms with Gasteiger partial charge in [0.05, 0.1) is 23.3 Å².